The van der Waals surface area contributed by atoms with Gasteiger partial charge >= 0.3 is 5.97 Å². The number of nitrogens with zero attached hydrogens (tertiary/aromatic N) is 4. The van der Waals surface area contributed by atoms with Gasteiger partial charge < -0.3 is 9.64 Å². The fourth-order valence-electron chi connectivity index (χ4n) is 3.41. The van der Waals surface area contributed by atoms with E-state index in [9.17, 15) is 9.59 Å². The van der Waals surface area contributed by atoms with E-state index in [1.54, 1.807) is 6.07 Å². The summed E-state index contributed by atoms with van der Waals surface area (Å²) in [5.74, 6) is 0.475. The second-order valence-electron chi connectivity index (χ2n) is 7.37. The van der Waals surface area contributed by atoms with Gasteiger partial charge in [0, 0.05) is 38.2 Å². The zero-order valence-corrected chi connectivity index (χ0v) is 17.2. The molecule has 3 rings (SSSR count). The monoisotopic (exact) mass is 406 g/mol. The van der Waals surface area contributed by atoms with Gasteiger partial charge in [0.15, 0.2) is 5.78 Å². The van der Waals surface area contributed by atoms with Crippen molar-refractivity contribution in [3.8, 4) is 17.3 Å². The van der Waals surface area contributed by atoms with Crippen LogP contribution in [0.25, 0.3) is 11.3 Å². The Bertz CT molecular complexity index is 930. The molecule has 0 bridgehead atoms. The summed E-state index contributed by atoms with van der Waals surface area (Å²) in [4.78, 5) is 31.8. The topological polar surface area (TPSA) is 86.5 Å². The van der Waals surface area contributed by atoms with Crippen LogP contribution in [-0.4, -0.2) is 61.0 Å². The highest BCUT2D eigenvalue weighted by Crippen LogP contribution is 2.22. The third kappa shape index (κ3) is 6.13. The number of Topliss-reactive ketones (excluding diaryl/α,β-unsaturated/α-hetero) is 1. The lowest BCUT2D eigenvalue weighted by molar-refractivity contribution is -0.147. The van der Waals surface area contributed by atoms with Crippen LogP contribution in [0.2, 0.25) is 0 Å². The van der Waals surface area contributed by atoms with Crippen molar-refractivity contribution in [2.24, 2.45) is 0 Å². The van der Waals surface area contributed by atoms with Crippen molar-refractivity contribution >= 4 is 17.6 Å². The van der Waals surface area contributed by atoms with E-state index in [0.29, 0.717) is 12.0 Å². The quantitative estimate of drug-likeness (QED) is 0.623. The maximum Gasteiger partial charge on any atom is 0.306 e. The minimum atomic E-state index is -0.315. The molecule has 0 spiro atoms. The lowest BCUT2D eigenvalue weighted by atomic mass is 10.1. The first-order valence-corrected chi connectivity index (χ1v) is 10.1. The maximum atomic E-state index is 11.6. The number of aromatic nitrogens is 1. The van der Waals surface area contributed by atoms with E-state index in [-0.39, 0.29) is 18.4 Å². The Labute approximate surface area is 176 Å². The predicted octanol–water partition coefficient (Wildman–Crippen LogP) is 2.65. The Hall–Kier alpha value is -3.24. The van der Waals surface area contributed by atoms with Gasteiger partial charge in [0.05, 0.1) is 17.3 Å². The van der Waals surface area contributed by atoms with Crippen molar-refractivity contribution in [2.75, 3.05) is 44.2 Å². The minimum Gasteiger partial charge on any atom is -0.458 e. The second kappa shape index (κ2) is 10.5. The fraction of sp³-hybridized carbons (Fsp3) is 0.391. The van der Waals surface area contributed by atoms with Crippen LogP contribution in [0, 0.1) is 11.3 Å². The Morgan fingerprint density at radius 1 is 1.13 bits per heavy atom. The van der Waals surface area contributed by atoms with Crippen LogP contribution in [-0.2, 0) is 14.3 Å². The van der Waals surface area contributed by atoms with Crippen molar-refractivity contribution < 1.29 is 14.3 Å². The smallest absolute Gasteiger partial charge is 0.306 e. The molecule has 1 aromatic heterocycles. The van der Waals surface area contributed by atoms with Crippen LogP contribution in [0.3, 0.4) is 0 Å². The number of ether oxygens (including phenoxy) is 1. The van der Waals surface area contributed by atoms with Crippen LogP contribution in [0.1, 0.15) is 25.3 Å². The number of carbonyl (C=O) groups is 2. The highest BCUT2D eigenvalue weighted by Gasteiger charge is 2.18. The molecule has 7 heteroatoms. The molecule has 2 aromatic rings. The van der Waals surface area contributed by atoms with E-state index in [0.717, 1.165) is 56.2 Å². The number of nitriles is 1. The molecule has 1 aliphatic heterocycles. The third-order valence-electron chi connectivity index (χ3n) is 5.01. The van der Waals surface area contributed by atoms with Gasteiger partial charge in [0.25, 0.3) is 0 Å². The molecule has 0 aliphatic carbocycles. The number of ketones is 1. The first-order chi connectivity index (χ1) is 14.5. The van der Waals surface area contributed by atoms with E-state index >= 15 is 0 Å². The molecule has 30 heavy (non-hydrogen) atoms. The standard InChI is InChI=1S/C23H26N4O3/c1-18(28)17-30-23(29)9-4-10-26-11-13-27(14-12-26)22-8-3-7-21(25-22)20-6-2-5-19(15-20)16-24/h2-3,5-8,15H,4,9-14,17H2,1H3. The highest BCUT2D eigenvalue weighted by molar-refractivity contribution is 5.80. The summed E-state index contributed by atoms with van der Waals surface area (Å²) in [5.41, 5.74) is 2.42. The molecule has 0 radical (unpaired) electrons. The van der Waals surface area contributed by atoms with Crippen LogP contribution < -0.4 is 4.90 Å². The molecular formula is C23H26N4O3. The van der Waals surface area contributed by atoms with Gasteiger partial charge in [-0.15, -0.1) is 0 Å². The molecule has 0 amide bonds. The van der Waals surface area contributed by atoms with Crippen LogP contribution in [0.15, 0.2) is 42.5 Å². The summed E-state index contributed by atoms with van der Waals surface area (Å²) in [6.07, 6.45) is 1.05. The molecule has 1 aromatic carbocycles. The van der Waals surface area contributed by atoms with Crippen molar-refractivity contribution in [3.63, 3.8) is 0 Å². The first-order valence-electron chi connectivity index (χ1n) is 10.1. The van der Waals surface area contributed by atoms with Crippen molar-refractivity contribution in [1.82, 2.24) is 9.88 Å². The van der Waals surface area contributed by atoms with Crippen LogP contribution in [0.4, 0.5) is 5.82 Å². The predicted molar refractivity (Wildman–Crippen MR) is 114 cm³/mol. The number of benzene rings is 1. The Morgan fingerprint density at radius 2 is 1.90 bits per heavy atom. The molecule has 1 saturated heterocycles. The van der Waals surface area contributed by atoms with E-state index in [1.165, 1.54) is 6.92 Å². The van der Waals surface area contributed by atoms with Crippen molar-refractivity contribution in [2.45, 2.75) is 19.8 Å². The number of rotatable bonds is 8. The molecular weight excluding hydrogens is 380 g/mol. The minimum absolute atomic E-state index is 0.135. The van der Waals surface area contributed by atoms with Gasteiger partial charge in [-0.3, -0.25) is 14.5 Å². The molecule has 2 heterocycles. The van der Waals surface area contributed by atoms with Crippen LogP contribution >= 0.6 is 0 Å². The second-order valence-corrected chi connectivity index (χ2v) is 7.37. The largest absolute Gasteiger partial charge is 0.458 e. The number of anilines is 1. The molecule has 0 unspecified atom stereocenters. The summed E-state index contributed by atoms with van der Waals surface area (Å²) >= 11 is 0. The SMILES string of the molecule is CC(=O)COC(=O)CCCN1CCN(c2cccc(-c3cccc(C#N)c3)n2)CC1. The summed E-state index contributed by atoms with van der Waals surface area (Å²) in [5, 5.41) is 9.11. The summed E-state index contributed by atoms with van der Waals surface area (Å²) in [7, 11) is 0. The number of hydrogen-bond acceptors (Lipinski definition) is 7. The summed E-state index contributed by atoms with van der Waals surface area (Å²) in [6.45, 7) is 5.63. The molecule has 7 nitrogen and oxygen atoms in total. The van der Waals surface area contributed by atoms with Gasteiger partial charge in [-0.25, -0.2) is 4.98 Å². The lowest BCUT2D eigenvalue weighted by Gasteiger charge is -2.35. The van der Waals surface area contributed by atoms with Crippen molar-refractivity contribution in [3.05, 3.63) is 48.0 Å². The van der Waals surface area contributed by atoms with Gasteiger partial charge in [-0.1, -0.05) is 18.2 Å². The number of piperazine rings is 1. The summed E-state index contributed by atoms with van der Waals surface area (Å²) < 4.78 is 4.89. The Kier molecular flexibility index (Phi) is 7.52. The number of carbonyl (C=O) groups excluding carboxylic acids is 2. The normalized spacial score (nSPS) is 14.2. The Balaban J connectivity index is 1.49. The first kappa shape index (κ1) is 21.5. The maximum absolute atomic E-state index is 11.6. The summed E-state index contributed by atoms with van der Waals surface area (Å²) in [6, 6.07) is 15.6. The third-order valence-corrected chi connectivity index (χ3v) is 5.01. The lowest BCUT2D eigenvalue weighted by Crippen LogP contribution is -2.47. The number of esters is 1. The van der Waals surface area contributed by atoms with Crippen molar-refractivity contribution in [1.29, 1.82) is 5.26 Å². The van der Waals surface area contributed by atoms with E-state index < -0.39 is 0 Å². The average Bonchev–Trinajstić information content (AvgIpc) is 2.78. The van der Waals surface area contributed by atoms with Gasteiger partial charge in [-0.2, -0.15) is 5.26 Å². The molecule has 0 saturated carbocycles. The fourth-order valence-corrected chi connectivity index (χ4v) is 3.41. The molecule has 1 fully saturated rings. The average molecular weight is 406 g/mol. The number of hydrogen-bond donors (Lipinski definition) is 0. The number of pyridine rings is 1. The molecule has 0 N–H and O–H groups in total. The molecule has 156 valence electrons. The zero-order valence-electron chi connectivity index (χ0n) is 17.2. The highest BCUT2D eigenvalue weighted by atomic mass is 16.5. The van der Waals surface area contributed by atoms with Crippen LogP contribution in [0.5, 0.6) is 0 Å². The van der Waals surface area contributed by atoms with Gasteiger partial charge in [0.1, 0.15) is 12.4 Å². The molecule has 0 atom stereocenters. The van der Waals surface area contributed by atoms with E-state index in [1.807, 2.05) is 36.4 Å². The van der Waals surface area contributed by atoms with Gasteiger partial charge in [0.2, 0.25) is 0 Å². The van der Waals surface area contributed by atoms with E-state index in [4.69, 9.17) is 15.0 Å². The Morgan fingerprint density at radius 3 is 2.63 bits per heavy atom. The molecule has 1 aliphatic rings. The zero-order chi connectivity index (χ0) is 21.3. The van der Waals surface area contributed by atoms with E-state index in [2.05, 4.69) is 15.9 Å². The van der Waals surface area contributed by atoms with Gasteiger partial charge in [-0.05, 0) is 44.2 Å².